The zero-order chi connectivity index (χ0) is 18.3. The Kier molecular flexibility index (Phi) is 4.58. The van der Waals surface area contributed by atoms with Gasteiger partial charge in [-0.25, -0.2) is 0 Å². The first-order valence-electron chi connectivity index (χ1n) is 9.60. The van der Waals surface area contributed by atoms with Gasteiger partial charge in [-0.3, -0.25) is 9.69 Å². The maximum Gasteiger partial charge on any atom is 0.316 e. The molecule has 2 bridgehead atoms. The van der Waals surface area contributed by atoms with E-state index in [2.05, 4.69) is 43.1 Å². The molecule has 2 unspecified atom stereocenters. The van der Waals surface area contributed by atoms with Crippen LogP contribution in [0.3, 0.4) is 0 Å². The van der Waals surface area contributed by atoms with Crippen LogP contribution >= 0.6 is 0 Å². The molecule has 2 aliphatic rings. The van der Waals surface area contributed by atoms with Gasteiger partial charge in [0.05, 0.1) is 5.92 Å². The summed E-state index contributed by atoms with van der Waals surface area (Å²) in [5.74, 6) is 0.688. The number of piperidine rings is 1. The van der Waals surface area contributed by atoms with Gasteiger partial charge in [-0.15, -0.1) is 0 Å². The van der Waals surface area contributed by atoms with E-state index in [-0.39, 0.29) is 23.8 Å². The van der Waals surface area contributed by atoms with Crippen molar-refractivity contribution >= 4 is 5.97 Å². The number of rotatable bonds is 3. The van der Waals surface area contributed by atoms with Crippen LogP contribution in [0.4, 0.5) is 0 Å². The summed E-state index contributed by atoms with van der Waals surface area (Å²) in [5, 5.41) is 0. The summed E-state index contributed by atoms with van der Waals surface area (Å²) in [7, 11) is 2.17. The molecule has 0 radical (unpaired) electrons. The zero-order valence-corrected chi connectivity index (χ0v) is 15.8. The molecule has 3 nitrogen and oxygen atoms in total. The molecular weight excluding hydrogens is 322 g/mol. The van der Waals surface area contributed by atoms with Gasteiger partial charge in [0.25, 0.3) is 0 Å². The van der Waals surface area contributed by atoms with Crippen molar-refractivity contribution in [3.63, 3.8) is 0 Å². The first kappa shape index (κ1) is 17.3. The van der Waals surface area contributed by atoms with E-state index in [1.807, 2.05) is 31.2 Å². The highest BCUT2D eigenvalue weighted by Crippen LogP contribution is 2.46. The molecule has 2 aromatic rings. The van der Waals surface area contributed by atoms with E-state index in [9.17, 15) is 4.79 Å². The Morgan fingerprint density at radius 2 is 1.58 bits per heavy atom. The highest BCUT2D eigenvalue weighted by molar-refractivity contribution is 5.77. The minimum Gasteiger partial charge on any atom is -0.426 e. The van der Waals surface area contributed by atoms with Gasteiger partial charge < -0.3 is 4.74 Å². The molecular formula is C23H27NO2. The van der Waals surface area contributed by atoms with Crippen LogP contribution in [0, 0.1) is 19.8 Å². The quantitative estimate of drug-likeness (QED) is 0.605. The minimum atomic E-state index is -0.109. The summed E-state index contributed by atoms with van der Waals surface area (Å²) in [6, 6.07) is 17.3. The molecule has 0 aliphatic carbocycles. The standard InChI is InChI=1S/C23H27NO2/c1-15-4-8-17(9-5-15)20-14-18-10-13-21(24(18)3)22(20)23(25)26-19-11-6-16(2)7-12-19/h4-9,11-12,18,20-22H,10,13-14H2,1-3H3/t18-,20-,21?,22?/m1/s1. The molecule has 2 aliphatic heterocycles. The smallest absolute Gasteiger partial charge is 0.316 e. The SMILES string of the molecule is Cc1ccc(OC(=O)C2C3CC[C@H](C[C@@H]2c2ccc(C)cc2)N3C)cc1. The van der Waals surface area contributed by atoms with Crippen molar-refractivity contribution in [1.29, 1.82) is 0 Å². The van der Waals surface area contributed by atoms with Gasteiger partial charge >= 0.3 is 5.97 Å². The van der Waals surface area contributed by atoms with Crippen molar-refractivity contribution in [3.05, 3.63) is 65.2 Å². The van der Waals surface area contributed by atoms with Gasteiger partial charge in [-0.05, 0) is 57.9 Å². The number of fused-ring (bicyclic) bond motifs is 2. The third-order valence-electron chi connectivity index (χ3n) is 6.29. The van der Waals surface area contributed by atoms with Crippen LogP contribution < -0.4 is 4.74 Å². The molecule has 2 aromatic carbocycles. The van der Waals surface area contributed by atoms with Crippen molar-refractivity contribution in [1.82, 2.24) is 4.90 Å². The maximum absolute atomic E-state index is 13.2. The topological polar surface area (TPSA) is 29.5 Å². The number of aryl methyl sites for hydroxylation is 2. The molecule has 2 saturated heterocycles. The van der Waals surface area contributed by atoms with Crippen LogP contribution in [0.25, 0.3) is 0 Å². The van der Waals surface area contributed by atoms with E-state index >= 15 is 0 Å². The van der Waals surface area contributed by atoms with Crippen molar-refractivity contribution in [2.24, 2.45) is 5.92 Å². The van der Waals surface area contributed by atoms with Crippen LogP contribution in [-0.2, 0) is 4.79 Å². The number of ether oxygens (including phenoxy) is 1. The maximum atomic E-state index is 13.2. The van der Waals surface area contributed by atoms with E-state index in [1.54, 1.807) is 0 Å². The second-order valence-corrected chi connectivity index (χ2v) is 7.98. The normalized spacial score (nSPS) is 28.1. The van der Waals surface area contributed by atoms with E-state index in [1.165, 1.54) is 23.1 Å². The highest BCUT2D eigenvalue weighted by atomic mass is 16.5. The summed E-state index contributed by atoms with van der Waals surface area (Å²) in [5.41, 5.74) is 3.69. The number of esters is 1. The summed E-state index contributed by atoms with van der Waals surface area (Å²) < 4.78 is 5.82. The summed E-state index contributed by atoms with van der Waals surface area (Å²) in [4.78, 5) is 15.6. The molecule has 136 valence electrons. The number of carbonyl (C=O) groups is 1. The van der Waals surface area contributed by atoms with Gasteiger partial charge in [0.2, 0.25) is 0 Å². The van der Waals surface area contributed by atoms with Crippen LogP contribution in [0.2, 0.25) is 0 Å². The lowest BCUT2D eigenvalue weighted by Gasteiger charge is -2.41. The van der Waals surface area contributed by atoms with Crippen LogP contribution in [0.15, 0.2) is 48.5 Å². The second-order valence-electron chi connectivity index (χ2n) is 7.98. The summed E-state index contributed by atoms with van der Waals surface area (Å²) in [6.07, 6.45) is 3.29. The van der Waals surface area contributed by atoms with Gasteiger partial charge in [-0.2, -0.15) is 0 Å². The fourth-order valence-corrected chi connectivity index (χ4v) is 4.74. The van der Waals surface area contributed by atoms with Gasteiger partial charge in [0, 0.05) is 18.0 Å². The van der Waals surface area contributed by atoms with E-state index < -0.39 is 0 Å². The molecule has 2 fully saturated rings. The molecule has 3 heteroatoms. The number of nitrogens with zero attached hydrogens (tertiary/aromatic N) is 1. The van der Waals surface area contributed by atoms with Crippen LogP contribution in [0.5, 0.6) is 5.75 Å². The lowest BCUT2D eigenvalue weighted by atomic mass is 9.76. The predicted octanol–water partition coefficient (Wildman–Crippen LogP) is 4.48. The Balaban J connectivity index is 1.63. The Labute approximate surface area is 156 Å². The van der Waals surface area contributed by atoms with Gasteiger partial charge in [-0.1, -0.05) is 47.5 Å². The monoisotopic (exact) mass is 349 g/mol. The van der Waals surface area contributed by atoms with Crippen molar-refractivity contribution in [2.75, 3.05) is 7.05 Å². The lowest BCUT2D eigenvalue weighted by Crippen LogP contribution is -2.49. The Hall–Kier alpha value is -2.13. The first-order valence-corrected chi connectivity index (χ1v) is 9.60. The average molecular weight is 349 g/mol. The molecule has 0 N–H and O–H groups in total. The Bertz CT molecular complexity index is 781. The third-order valence-corrected chi connectivity index (χ3v) is 6.29. The molecule has 4 atom stereocenters. The first-order chi connectivity index (χ1) is 12.5. The number of hydrogen-bond donors (Lipinski definition) is 0. The molecule has 0 saturated carbocycles. The second kappa shape index (κ2) is 6.88. The van der Waals surface area contributed by atoms with Crippen LogP contribution in [0.1, 0.15) is 41.9 Å². The predicted molar refractivity (Wildman–Crippen MR) is 103 cm³/mol. The Morgan fingerprint density at radius 1 is 0.962 bits per heavy atom. The zero-order valence-electron chi connectivity index (χ0n) is 15.8. The number of hydrogen-bond acceptors (Lipinski definition) is 3. The Morgan fingerprint density at radius 3 is 2.23 bits per heavy atom. The van der Waals surface area contributed by atoms with Crippen LogP contribution in [-0.4, -0.2) is 30.0 Å². The highest BCUT2D eigenvalue weighted by Gasteiger charge is 2.49. The van der Waals surface area contributed by atoms with Crippen molar-refractivity contribution < 1.29 is 9.53 Å². The third kappa shape index (κ3) is 3.16. The number of carbonyl (C=O) groups excluding carboxylic acids is 1. The summed E-state index contributed by atoms with van der Waals surface area (Å²) >= 11 is 0. The van der Waals surface area contributed by atoms with E-state index in [4.69, 9.17) is 4.74 Å². The molecule has 0 spiro atoms. The van der Waals surface area contributed by atoms with Gasteiger partial charge in [0.1, 0.15) is 5.75 Å². The van der Waals surface area contributed by atoms with Gasteiger partial charge in [0.15, 0.2) is 0 Å². The summed E-state index contributed by atoms with van der Waals surface area (Å²) in [6.45, 7) is 4.14. The lowest BCUT2D eigenvalue weighted by molar-refractivity contribution is -0.143. The molecule has 26 heavy (non-hydrogen) atoms. The minimum absolute atomic E-state index is 0.0865. The van der Waals surface area contributed by atoms with Crippen molar-refractivity contribution in [3.8, 4) is 5.75 Å². The average Bonchev–Trinajstić information content (AvgIpc) is 2.87. The molecule has 4 rings (SSSR count). The van der Waals surface area contributed by atoms with E-state index in [0.29, 0.717) is 11.8 Å². The fraction of sp³-hybridized carbons (Fsp3) is 0.435. The molecule has 0 aromatic heterocycles. The largest absolute Gasteiger partial charge is 0.426 e. The fourth-order valence-electron chi connectivity index (χ4n) is 4.74. The molecule has 2 heterocycles. The van der Waals surface area contributed by atoms with Crippen molar-refractivity contribution in [2.45, 2.75) is 51.1 Å². The molecule has 0 amide bonds. The number of benzene rings is 2. The van der Waals surface area contributed by atoms with E-state index in [0.717, 1.165) is 12.8 Å².